The number of aryl methyl sites for hydroxylation is 1. The van der Waals surface area contributed by atoms with Crippen LogP contribution < -0.4 is 10.1 Å². The van der Waals surface area contributed by atoms with E-state index in [0.29, 0.717) is 18.7 Å². The number of sulfone groups is 1. The Hall–Kier alpha value is -1.94. The van der Waals surface area contributed by atoms with Gasteiger partial charge in [0.1, 0.15) is 11.6 Å². The quantitative estimate of drug-likeness (QED) is 0.609. The number of rotatable bonds is 7. The van der Waals surface area contributed by atoms with E-state index in [1.165, 1.54) is 12.1 Å². The van der Waals surface area contributed by atoms with E-state index < -0.39 is 22.0 Å². The number of hydrogen-bond donors (Lipinski definition) is 3. The van der Waals surface area contributed by atoms with E-state index in [1.807, 2.05) is 17.8 Å². The summed E-state index contributed by atoms with van der Waals surface area (Å²) in [6.07, 6.45) is 3.50. The van der Waals surface area contributed by atoms with Crippen molar-refractivity contribution < 1.29 is 23.4 Å². The summed E-state index contributed by atoms with van der Waals surface area (Å²) in [5, 5.41) is 23.8. The fraction of sp³-hybridized carbons (Fsp3) is 0.500. The highest BCUT2D eigenvalue weighted by atomic mass is 32.2. The van der Waals surface area contributed by atoms with Crippen molar-refractivity contribution in [3.63, 3.8) is 0 Å². The maximum Gasteiger partial charge on any atom is 0.175 e. The molecule has 0 spiro atoms. The highest BCUT2D eigenvalue weighted by Crippen LogP contribution is 2.28. The minimum atomic E-state index is -3.25. The number of benzene rings is 1. The lowest BCUT2D eigenvalue weighted by molar-refractivity contribution is 0.00199. The third-order valence-corrected chi connectivity index (χ3v) is 6.09. The zero-order chi connectivity index (χ0) is 19.6. The molecule has 1 aromatic carbocycles. The van der Waals surface area contributed by atoms with E-state index in [9.17, 15) is 18.6 Å². The maximum absolute atomic E-state index is 11.5. The Morgan fingerprint density at radius 2 is 1.96 bits per heavy atom. The van der Waals surface area contributed by atoms with Gasteiger partial charge in [-0.1, -0.05) is 0 Å². The summed E-state index contributed by atoms with van der Waals surface area (Å²) < 4.78 is 30.5. The molecule has 3 N–H and O–H groups in total. The Morgan fingerprint density at radius 1 is 1.26 bits per heavy atom. The monoisotopic (exact) mass is 395 g/mol. The maximum atomic E-state index is 11.5. The second kappa shape index (κ2) is 7.97. The third kappa shape index (κ3) is 4.67. The predicted octanol–water partition coefficient (Wildman–Crippen LogP) is 0.103. The molecule has 2 aromatic rings. The van der Waals surface area contributed by atoms with Crippen molar-refractivity contribution in [2.75, 3.05) is 12.9 Å². The molecule has 1 saturated carbocycles. The summed E-state index contributed by atoms with van der Waals surface area (Å²) in [5.74, 6) is 1.14. The lowest BCUT2D eigenvalue weighted by Gasteiger charge is -2.18. The van der Waals surface area contributed by atoms with Gasteiger partial charge < -0.3 is 24.8 Å². The van der Waals surface area contributed by atoms with Crippen LogP contribution in [0.4, 0.5) is 0 Å². The Kier molecular flexibility index (Phi) is 5.85. The third-order valence-electron chi connectivity index (χ3n) is 4.96. The van der Waals surface area contributed by atoms with Crippen molar-refractivity contribution in [3.8, 4) is 5.75 Å². The van der Waals surface area contributed by atoms with Crippen molar-refractivity contribution in [1.29, 1.82) is 0 Å². The van der Waals surface area contributed by atoms with Crippen molar-refractivity contribution in [2.45, 2.75) is 36.1 Å². The molecule has 1 aliphatic rings. The minimum Gasteiger partial charge on any atom is -0.493 e. The second-order valence-electron chi connectivity index (χ2n) is 6.97. The number of hydrogen-bond acceptors (Lipinski definition) is 7. The molecule has 4 atom stereocenters. The largest absolute Gasteiger partial charge is 0.493 e. The fourth-order valence-electron chi connectivity index (χ4n) is 3.27. The molecule has 0 amide bonds. The Labute approximate surface area is 158 Å². The normalized spacial score (nSPS) is 25.6. The summed E-state index contributed by atoms with van der Waals surface area (Å²) in [5.41, 5.74) is 0. The van der Waals surface area contributed by atoms with Crippen LogP contribution in [0.5, 0.6) is 5.75 Å². The van der Waals surface area contributed by atoms with Crippen LogP contribution in [0.15, 0.2) is 41.6 Å². The van der Waals surface area contributed by atoms with Crippen LogP contribution >= 0.6 is 0 Å². The standard InChI is InChI=1S/C18H25N3O5S/c1-21-8-7-19-16(21)10-20-15-9-12(17(22)18(15)23)11-26-13-3-5-14(6-4-13)27(2,24)25/h3-8,12,15,17-18,20,22-23H,9-11H2,1-2H3/t12-,15-,17-,18+/m1/s1. The molecule has 1 heterocycles. The first-order valence-corrected chi connectivity index (χ1v) is 10.6. The minimum absolute atomic E-state index is 0.227. The first-order valence-electron chi connectivity index (χ1n) is 8.74. The number of nitrogens with one attached hydrogen (secondary N) is 1. The molecule has 0 aliphatic heterocycles. The van der Waals surface area contributed by atoms with E-state index >= 15 is 0 Å². The van der Waals surface area contributed by atoms with Crippen molar-refractivity contribution in [3.05, 3.63) is 42.5 Å². The van der Waals surface area contributed by atoms with Crippen LogP contribution in [0.1, 0.15) is 12.2 Å². The van der Waals surface area contributed by atoms with Crippen LogP contribution in [-0.2, 0) is 23.4 Å². The van der Waals surface area contributed by atoms with Gasteiger partial charge in [0.05, 0.1) is 30.3 Å². The molecule has 27 heavy (non-hydrogen) atoms. The van der Waals surface area contributed by atoms with Crippen molar-refractivity contribution >= 4 is 9.84 Å². The zero-order valence-electron chi connectivity index (χ0n) is 15.3. The van der Waals surface area contributed by atoms with Gasteiger partial charge in [-0.25, -0.2) is 13.4 Å². The molecule has 3 rings (SSSR count). The molecule has 9 heteroatoms. The van der Waals surface area contributed by atoms with Gasteiger partial charge in [-0.15, -0.1) is 0 Å². The van der Waals surface area contributed by atoms with E-state index in [1.54, 1.807) is 18.3 Å². The number of nitrogens with zero attached hydrogens (tertiary/aromatic N) is 2. The number of imidazole rings is 1. The van der Waals surface area contributed by atoms with Gasteiger partial charge in [0, 0.05) is 37.7 Å². The van der Waals surface area contributed by atoms with E-state index in [0.717, 1.165) is 12.1 Å². The zero-order valence-corrected chi connectivity index (χ0v) is 16.1. The number of ether oxygens (including phenoxy) is 1. The predicted molar refractivity (Wildman–Crippen MR) is 99.0 cm³/mol. The molecule has 1 aromatic heterocycles. The molecule has 0 saturated heterocycles. The number of aliphatic hydroxyl groups is 2. The summed E-state index contributed by atoms with van der Waals surface area (Å²) >= 11 is 0. The fourth-order valence-corrected chi connectivity index (χ4v) is 3.90. The summed E-state index contributed by atoms with van der Waals surface area (Å²) in [7, 11) is -1.35. The van der Waals surface area contributed by atoms with Crippen LogP contribution in [-0.4, -0.2) is 59.3 Å². The lowest BCUT2D eigenvalue weighted by Crippen LogP contribution is -2.40. The average molecular weight is 395 g/mol. The van der Waals surface area contributed by atoms with Gasteiger partial charge in [0.25, 0.3) is 0 Å². The molecular formula is C18H25N3O5S. The highest BCUT2D eigenvalue weighted by molar-refractivity contribution is 7.90. The molecule has 1 fully saturated rings. The van der Waals surface area contributed by atoms with Crippen molar-refractivity contribution in [2.24, 2.45) is 13.0 Å². The molecular weight excluding hydrogens is 370 g/mol. The van der Waals surface area contributed by atoms with Gasteiger partial charge in [0.15, 0.2) is 9.84 Å². The van der Waals surface area contributed by atoms with Crippen molar-refractivity contribution in [1.82, 2.24) is 14.9 Å². The van der Waals surface area contributed by atoms with Gasteiger partial charge in [-0.2, -0.15) is 0 Å². The first-order chi connectivity index (χ1) is 12.8. The number of aromatic nitrogens is 2. The average Bonchev–Trinajstić information content (AvgIpc) is 3.15. The first kappa shape index (κ1) is 19.8. The lowest BCUT2D eigenvalue weighted by atomic mass is 10.1. The Morgan fingerprint density at radius 3 is 2.56 bits per heavy atom. The molecule has 8 nitrogen and oxygen atoms in total. The van der Waals surface area contributed by atoms with Crippen LogP contribution in [0.2, 0.25) is 0 Å². The highest BCUT2D eigenvalue weighted by Gasteiger charge is 2.41. The van der Waals surface area contributed by atoms with Gasteiger partial charge in [-0.05, 0) is 30.7 Å². The molecule has 0 radical (unpaired) electrons. The SMILES string of the molecule is Cn1ccnc1CN[C@@H]1C[C@H](COc2ccc(S(C)(=O)=O)cc2)[C@@H](O)[C@H]1O. The van der Waals surface area contributed by atoms with Crippen LogP contribution in [0.25, 0.3) is 0 Å². The molecule has 0 unspecified atom stereocenters. The second-order valence-corrected chi connectivity index (χ2v) is 8.99. The summed E-state index contributed by atoms with van der Waals surface area (Å²) in [6.45, 7) is 0.732. The molecule has 148 valence electrons. The topological polar surface area (TPSA) is 114 Å². The summed E-state index contributed by atoms with van der Waals surface area (Å²) in [6, 6.07) is 5.90. The van der Waals surface area contributed by atoms with E-state index in [4.69, 9.17) is 4.74 Å². The van der Waals surface area contributed by atoms with Gasteiger partial charge >= 0.3 is 0 Å². The molecule has 1 aliphatic carbocycles. The van der Waals surface area contributed by atoms with E-state index in [2.05, 4.69) is 10.3 Å². The van der Waals surface area contributed by atoms with Crippen LogP contribution in [0, 0.1) is 5.92 Å². The number of aliphatic hydroxyl groups excluding tert-OH is 2. The van der Waals surface area contributed by atoms with E-state index in [-0.39, 0.29) is 23.5 Å². The smallest absolute Gasteiger partial charge is 0.175 e. The Bertz CT molecular complexity index is 865. The van der Waals surface area contributed by atoms with Crippen LogP contribution in [0.3, 0.4) is 0 Å². The summed E-state index contributed by atoms with van der Waals surface area (Å²) in [4.78, 5) is 4.46. The van der Waals surface area contributed by atoms with Gasteiger partial charge in [0.2, 0.25) is 0 Å². The molecule has 0 bridgehead atoms. The Balaban J connectivity index is 1.54. The van der Waals surface area contributed by atoms with Gasteiger partial charge in [-0.3, -0.25) is 0 Å².